The number of aromatic nitrogens is 1. The largest absolute Gasteiger partial charge is 0.355 e. The molecule has 0 aromatic carbocycles. The Bertz CT molecular complexity index is 451. The topological polar surface area (TPSA) is 52.0 Å². The molecule has 2 atom stereocenters. The Morgan fingerprint density at radius 2 is 2.18 bits per heavy atom. The molecule has 4 nitrogen and oxygen atoms in total. The van der Waals surface area contributed by atoms with Crippen LogP contribution in [0.3, 0.4) is 0 Å². The first-order chi connectivity index (χ1) is 8.35. The second kappa shape index (κ2) is 4.34. The minimum atomic E-state index is 0.505. The minimum absolute atomic E-state index is 0.505. The van der Waals surface area contributed by atoms with Gasteiger partial charge < -0.3 is 10.2 Å². The molecule has 1 N–H and O–H groups in total. The lowest BCUT2D eigenvalue weighted by molar-refractivity contribution is 0.563. The maximum absolute atomic E-state index is 8.88. The summed E-state index contributed by atoms with van der Waals surface area (Å²) >= 11 is 0. The van der Waals surface area contributed by atoms with Gasteiger partial charge in [0.2, 0.25) is 0 Å². The van der Waals surface area contributed by atoms with Gasteiger partial charge in [-0.1, -0.05) is 6.07 Å². The number of nitrogens with one attached hydrogen (secondary N) is 1. The van der Waals surface area contributed by atoms with Crippen molar-refractivity contribution in [3.8, 4) is 6.07 Å². The van der Waals surface area contributed by atoms with Crippen LogP contribution in [0.25, 0.3) is 0 Å². The fourth-order valence-electron chi connectivity index (χ4n) is 2.81. The summed E-state index contributed by atoms with van der Waals surface area (Å²) in [6.07, 6.45) is 3.75. The van der Waals surface area contributed by atoms with Gasteiger partial charge in [-0.3, -0.25) is 0 Å². The molecule has 1 aromatic rings. The van der Waals surface area contributed by atoms with Gasteiger partial charge in [0.15, 0.2) is 0 Å². The molecule has 2 aliphatic rings. The van der Waals surface area contributed by atoms with Crippen LogP contribution in [0.4, 0.5) is 5.82 Å². The van der Waals surface area contributed by atoms with E-state index in [2.05, 4.69) is 21.3 Å². The molecule has 2 saturated heterocycles. The average Bonchev–Trinajstić information content (AvgIpc) is 2.69. The normalized spacial score (nSPS) is 27.6. The van der Waals surface area contributed by atoms with Crippen LogP contribution in [0.2, 0.25) is 0 Å². The van der Waals surface area contributed by atoms with Crippen LogP contribution >= 0.6 is 0 Å². The first-order valence-corrected chi connectivity index (χ1v) is 6.23. The molecule has 2 unspecified atom stereocenters. The highest BCUT2D eigenvalue weighted by Crippen LogP contribution is 2.23. The van der Waals surface area contributed by atoms with Crippen molar-refractivity contribution in [3.05, 3.63) is 23.9 Å². The third-order valence-electron chi connectivity index (χ3n) is 3.70. The molecule has 0 spiro atoms. The summed E-state index contributed by atoms with van der Waals surface area (Å²) in [4.78, 5) is 6.68. The number of nitrogens with zero attached hydrogens (tertiary/aromatic N) is 3. The minimum Gasteiger partial charge on any atom is -0.355 e. The fourth-order valence-corrected chi connectivity index (χ4v) is 2.81. The molecule has 4 heteroatoms. The Morgan fingerprint density at radius 3 is 3.06 bits per heavy atom. The predicted molar refractivity (Wildman–Crippen MR) is 65.7 cm³/mol. The van der Waals surface area contributed by atoms with E-state index < -0.39 is 0 Å². The standard InChI is InChI=1S/C13H16N4/c14-8-11-2-1-3-13(16-11)17-7-6-10-4-5-12(9-17)15-10/h1-3,10,12,15H,4-7,9H2. The third-order valence-corrected chi connectivity index (χ3v) is 3.70. The van der Waals surface area contributed by atoms with Gasteiger partial charge in [-0.2, -0.15) is 5.26 Å². The number of rotatable bonds is 1. The molecule has 0 radical (unpaired) electrons. The van der Waals surface area contributed by atoms with Crippen LogP contribution in [-0.4, -0.2) is 30.2 Å². The molecular formula is C13H16N4. The Kier molecular flexibility index (Phi) is 2.69. The average molecular weight is 228 g/mol. The lowest BCUT2D eigenvalue weighted by atomic mass is 10.1. The Hall–Kier alpha value is -1.60. The second-order valence-electron chi connectivity index (χ2n) is 4.87. The molecule has 88 valence electrons. The van der Waals surface area contributed by atoms with Crippen LogP contribution in [-0.2, 0) is 0 Å². The Morgan fingerprint density at radius 1 is 1.29 bits per heavy atom. The summed E-state index contributed by atoms with van der Waals surface area (Å²) in [5.74, 6) is 0.943. The van der Waals surface area contributed by atoms with Crippen molar-refractivity contribution in [3.63, 3.8) is 0 Å². The van der Waals surface area contributed by atoms with Gasteiger partial charge in [0, 0.05) is 25.2 Å². The van der Waals surface area contributed by atoms with Crippen molar-refractivity contribution in [1.29, 1.82) is 5.26 Å². The number of pyridine rings is 1. The zero-order valence-corrected chi connectivity index (χ0v) is 9.76. The number of anilines is 1. The van der Waals surface area contributed by atoms with Crippen LogP contribution in [0.15, 0.2) is 18.2 Å². The molecule has 2 fully saturated rings. The van der Waals surface area contributed by atoms with Crippen molar-refractivity contribution >= 4 is 5.82 Å². The van der Waals surface area contributed by atoms with E-state index in [9.17, 15) is 0 Å². The van der Waals surface area contributed by atoms with Gasteiger partial charge in [-0.25, -0.2) is 4.98 Å². The van der Waals surface area contributed by atoms with E-state index in [0.717, 1.165) is 18.9 Å². The Balaban J connectivity index is 1.81. The van der Waals surface area contributed by atoms with Gasteiger partial charge in [-0.05, 0) is 31.4 Å². The molecule has 0 aliphatic carbocycles. The van der Waals surface area contributed by atoms with Crippen molar-refractivity contribution in [2.75, 3.05) is 18.0 Å². The lowest BCUT2D eigenvalue weighted by Crippen LogP contribution is -2.35. The van der Waals surface area contributed by atoms with Crippen LogP contribution < -0.4 is 10.2 Å². The SMILES string of the molecule is N#Cc1cccc(N2CCC3CCC(C2)N3)n1. The first-order valence-electron chi connectivity index (χ1n) is 6.23. The van der Waals surface area contributed by atoms with Gasteiger partial charge >= 0.3 is 0 Å². The number of nitriles is 1. The summed E-state index contributed by atoms with van der Waals surface area (Å²) in [7, 11) is 0. The third kappa shape index (κ3) is 2.11. The van der Waals surface area contributed by atoms with Crippen molar-refractivity contribution in [2.24, 2.45) is 0 Å². The predicted octanol–water partition coefficient (Wildman–Crippen LogP) is 1.28. The van der Waals surface area contributed by atoms with Crippen LogP contribution in [0.5, 0.6) is 0 Å². The molecule has 0 saturated carbocycles. The zero-order valence-electron chi connectivity index (χ0n) is 9.76. The van der Waals surface area contributed by atoms with Crippen molar-refractivity contribution < 1.29 is 0 Å². The van der Waals surface area contributed by atoms with Gasteiger partial charge in [0.05, 0.1) is 0 Å². The summed E-state index contributed by atoms with van der Waals surface area (Å²) in [6.45, 7) is 2.05. The molecule has 1 aromatic heterocycles. The highest BCUT2D eigenvalue weighted by atomic mass is 15.2. The molecular weight excluding hydrogens is 212 g/mol. The molecule has 2 bridgehead atoms. The molecule has 3 rings (SSSR count). The summed E-state index contributed by atoms with van der Waals surface area (Å²) in [5, 5.41) is 12.5. The second-order valence-corrected chi connectivity index (χ2v) is 4.87. The monoisotopic (exact) mass is 228 g/mol. The van der Waals surface area contributed by atoms with Gasteiger partial charge in [0.1, 0.15) is 17.6 Å². The molecule has 0 amide bonds. The van der Waals surface area contributed by atoms with Crippen molar-refractivity contribution in [1.82, 2.24) is 10.3 Å². The van der Waals surface area contributed by atoms with E-state index in [1.165, 1.54) is 19.3 Å². The smallest absolute Gasteiger partial charge is 0.142 e. The number of hydrogen-bond donors (Lipinski definition) is 1. The van der Waals surface area contributed by atoms with Crippen LogP contribution in [0, 0.1) is 11.3 Å². The van der Waals surface area contributed by atoms with E-state index in [1.807, 2.05) is 12.1 Å². The molecule has 17 heavy (non-hydrogen) atoms. The fraction of sp³-hybridized carbons (Fsp3) is 0.538. The van der Waals surface area contributed by atoms with E-state index >= 15 is 0 Å². The lowest BCUT2D eigenvalue weighted by Gasteiger charge is -2.25. The highest BCUT2D eigenvalue weighted by molar-refractivity contribution is 5.42. The van der Waals surface area contributed by atoms with E-state index in [1.54, 1.807) is 6.07 Å². The van der Waals surface area contributed by atoms with E-state index in [4.69, 9.17) is 5.26 Å². The summed E-state index contributed by atoms with van der Waals surface area (Å²) in [6, 6.07) is 9.05. The maximum atomic E-state index is 8.88. The quantitative estimate of drug-likeness (QED) is 0.786. The van der Waals surface area contributed by atoms with E-state index in [0.29, 0.717) is 17.8 Å². The highest BCUT2D eigenvalue weighted by Gasteiger charge is 2.29. The Labute approximate surface area is 101 Å². The number of hydrogen-bond acceptors (Lipinski definition) is 4. The van der Waals surface area contributed by atoms with Gasteiger partial charge in [0.25, 0.3) is 0 Å². The molecule has 3 heterocycles. The van der Waals surface area contributed by atoms with Crippen LogP contribution in [0.1, 0.15) is 25.0 Å². The van der Waals surface area contributed by atoms with Gasteiger partial charge in [-0.15, -0.1) is 0 Å². The zero-order chi connectivity index (χ0) is 11.7. The number of fused-ring (bicyclic) bond motifs is 2. The molecule has 2 aliphatic heterocycles. The van der Waals surface area contributed by atoms with Crippen molar-refractivity contribution in [2.45, 2.75) is 31.3 Å². The summed E-state index contributed by atoms with van der Waals surface area (Å²) < 4.78 is 0. The first kappa shape index (κ1) is 10.5. The van der Waals surface area contributed by atoms with E-state index in [-0.39, 0.29) is 0 Å². The maximum Gasteiger partial charge on any atom is 0.142 e. The summed E-state index contributed by atoms with van der Waals surface area (Å²) in [5.41, 5.74) is 0.505.